The van der Waals surface area contributed by atoms with Crippen molar-refractivity contribution in [2.45, 2.75) is 65.5 Å². The van der Waals surface area contributed by atoms with E-state index in [1.54, 1.807) is 27.7 Å². The molecule has 1 N–H and O–H groups in total. The average molecular weight is 255 g/mol. The van der Waals surface area contributed by atoms with Crippen LogP contribution in [0.15, 0.2) is 0 Å². The minimum atomic E-state index is -0.531. The first-order chi connectivity index (χ1) is 8.23. The van der Waals surface area contributed by atoms with Gasteiger partial charge in [0.2, 0.25) is 0 Å². The quantitative estimate of drug-likeness (QED) is 0.821. The van der Waals surface area contributed by atoms with Gasteiger partial charge in [0, 0.05) is 6.42 Å². The molecule has 0 aliphatic heterocycles. The molecule has 0 heterocycles. The summed E-state index contributed by atoms with van der Waals surface area (Å²) in [5.41, 5.74) is -0.531. The summed E-state index contributed by atoms with van der Waals surface area (Å²) in [6.07, 6.45) is 2.36. The fourth-order valence-corrected chi connectivity index (χ4v) is 2.06. The lowest BCUT2D eigenvalue weighted by Crippen LogP contribution is -2.41. The van der Waals surface area contributed by atoms with E-state index in [1.165, 1.54) is 0 Å². The van der Waals surface area contributed by atoms with Gasteiger partial charge in [-0.25, -0.2) is 4.79 Å². The van der Waals surface area contributed by atoms with Gasteiger partial charge in [-0.15, -0.1) is 0 Å². The van der Waals surface area contributed by atoms with Gasteiger partial charge in [0.25, 0.3) is 0 Å². The highest BCUT2D eigenvalue weighted by molar-refractivity contribution is 5.87. The van der Waals surface area contributed by atoms with E-state index >= 15 is 0 Å². The molecule has 0 aromatic heterocycles. The third-order valence-corrected chi connectivity index (χ3v) is 3.27. The summed E-state index contributed by atoms with van der Waals surface area (Å²) in [4.78, 5) is 23.4. The Bertz CT molecular complexity index is 319. The molecule has 0 saturated heterocycles. The summed E-state index contributed by atoms with van der Waals surface area (Å²) in [7, 11) is 0. The number of nitrogens with one attached hydrogen (secondary N) is 1. The maximum Gasteiger partial charge on any atom is 0.408 e. The molecule has 3 atom stereocenters. The lowest BCUT2D eigenvalue weighted by Gasteiger charge is -2.21. The number of rotatable bonds is 5. The van der Waals surface area contributed by atoms with Crippen LogP contribution in [0.1, 0.15) is 53.9 Å². The zero-order valence-electron chi connectivity index (χ0n) is 12.1. The van der Waals surface area contributed by atoms with Crippen molar-refractivity contribution in [1.82, 2.24) is 5.32 Å². The molecule has 0 bridgehead atoms. The SMILES string of the molecule is CCC1CC1CC(=O)C(C)NC(=O)OC(C)(C)C. The van der Waals surface area contributed by atoms with E-state index in [9.17, 15) is 9.59 Å². The van der Waals surface area contributed by atoms with Gasteiger partial charge in [-0.2, -0.15) is 0 Å². The molecule has 1 saturated carbocycles. The number of hydrogen-bond acceptors (Lipinski definition) is 3. The molecule has 0 aromatic rings. The summed E-state index contributed by atoms with van der Waals surface area (Å²) >= 11 is 0. The Hall–Kier alpha value is -1.06. The van der Waals surface area contributed by atoms with E-state index in [0.717, 1.165) is 12.8 Å². The molecular weight excluding hydrogens is 230 g/mol. The Morgan fingerprint density at radius 3 is 2.39 bits per heavy atom. The van der Waals surface area contributed by atoms with Crippen LogP contribution < -0.4 is 5.32 Å². The molecule has 1 fully saturated rings. The van der Waals surface area contributed by atoms with Crippen molar-refractivity contribution in [3.63, 3.8) is 0 Å². The molecule has 4 nitrogen and oxygen atoms in total. The van der Waals surface area contributed by atoms with E-state index in [2.05, 4.69) is 12.2 Å². The second-order valence-electron chi connectivity index (χ2n) is 6.20. The molecule has 18 heavy (non-hydrogen) atoms. The lowest BCUT2D eigenvalue weighted by molar-refractivity contribution is -0.121. The first kappa shape index (κ1) is 15.0. The third kappa shape index (κ3) is 5.07. The maximum atomic E-state index is 11.9. The van der Waals surface area contributed by atoms with Crippen molar-refractivity contribution < 1.29 is 14.3 Å². The second-order valence-corrected chi connectivity index (χ2v) is 6.20. The van der Waals surface area contributed by atoms with Crippen LogP contribution in [-0.2, 0) is 9.53 Å². The van der Waals surface area contributed by atoms with Gasteiger partial charge in [0.05, 0.1) is 6.04 Å². The van der Waals surface area contributed by atoms with Crippen molar-refractivity contribution in [3.8, 4) is 0 Å². The standard InChI is InChI=1S/C14H25NO3/c1-6-10-7-11(10)8-12(16)9(2)15-13(17)18-14(3,4)5/h9-11H,6-8H2,1-5H3,(H,15,17). The van der Waals surface area contributed by atoms with E-state index in [1.807, 2.05) is 0 Å². The van der Waals surface area contributed by atoms with Crippen LogP contribution in [0.5, 0.6) is 0 Å². The average Bonchev–Trinajstić information content (AvgIpc) is 2.93. The topological polar surface area (TPSA) is 55.4 Å². The van der Waals surface area contributed by atoms with Crippen LogP contribution in [0.25, 0.3) is 0 Å². The zero-order valence-corrected chi connectivity index (χ0v) is 12.1. The Morgan fingerprint density at radius 2 is 1.94 bits per heavy atom. The van der Waals surface area contributed by atoms with E-state index in [0.29, 0.717) is 18.3 Å². The smallest absolute Gasteiger partial charge is 0.408 e. The van der Waals surface area contributed by atoms with Gasteiger partial charge in [0.1, 0.15) is 5.60 Å². The van der Waals surface area contributed by atoms with Crippen LogP contribution in [0.4, 0.5) is 4.79 Å². The second kappa shape index (κ2) is 5.72. The van der Waals surface area contributed by atoms with E-state index in [-0.39, 0.29) is 5.78 Å². The molecule has 1 amide bonds. The highest BCUT2D eigenvalue weighted by Gasteiger charge is 2.37. The van der Waals surface area contributed by atoms with Crippen LogP contribution >= 0.6 is 0 Å². The fraction of sp³-hybridized carbons (Fsp3) is 0.857. The molecule has 3 unspecified atom stereocenters. The largest absolute Gasteiger partial charge is 0.444 e. The predicted octanol–water partition coefficient (Wildman–Crippen LogP) is 2.90. The van der Waals surface area contributed by atoms with Crippen LogP contribution in [-0.4, -0.2) is 23.5 Å². The number of carbonyl (C=O) groups excluding carboxylic acids is 2. The molecule has 1 aliphatic rings. The third-order valence-electron chi connectivity index (χ3n) is 3.27. The van der Waals surface area contributed by atoms with Gasteiger partial charge in [-0.3, -0.25) is 4.79 Å². The maximum absolute atomic E-state index is 11.9. The van der Waals surface area contributed by atoms with Crippen molar-refractivity contribution >= 4 is 11.9 Å². The number of amides is 1. The molecule has 104 valence electrons. The highest BCUT2D eigenvalue weighted by Crippen LogP contribution is 2.43. The van der Waals surface area contributed by atoms with Crippen molar-refractivity contribution in [3.05, 3.63) is 0 Å². The van der Waals surface area contributed by atoms with E-state index in [4.69, 9.17) is 4.74 Å². The Balaban J connectivity index is 2.29. The predicted molar refractivity (Wildman–Crippen MR) is 70.3 cm³/mol. The van der Waals surface area contributed by atoms with Gasteiger partial charge in [0.15, 0.2) is 5.78 Å². The summed E-state index contributed by atoms with van der Waals surface area (Å²) in [6, 6.07) is -0.460. The minimum Gasteiger partial charge on any atom is -0.444 e. The number of Topliss-reactive ketones (excluding diaryl/α,β-unsaturated/α-hetero) is 1. The van der Waals surface area contributed by atoms with Crippen LogP contribution in [0.3, 0.4) is 0 Å². The number of carbonyl (C=O) groups is 2. The summed E-state index contributed by atoms with van der Waals surface area (Å²) in [6.45, 7) is 9.27. The summed E-state index contributed by atoms with van der Waals surface area (Å²) in [5.74, 6) is 1.34. The van der Waals surface area contributed by atoms with E-state index < -0.39 is 17.7 Å². The van der Waals surface area contributed by atoms with Crippen molar-refractivity contribution in [2.75, 3.05) is 0 Å². The van der Waals surface area contributed by atoms with Gasteiger partial charge >= 0.3 is 6.09 Å². The van der Waals surface area contributed by atoms with Gasteiger partial charge < -0.3 is 10.1 Å². The first-order valence-electron chi connectivity index (χ1n) is 6.75. The van der Waals surface area contributed by atoms with Crippen molar-refractivity contribution in [1.29, 1.82) is 0 Å². The zero-order chi connectivity index (χ0) is 13.9. The Labute approximate surface area is 109 Å². The number of alkyl carbamates (subject to hydrolysis) is 1. The molecule has 1 rings (SSSR count). The lowest BCUT2D eigenvalue weighted by atomic mass is 10.1. The summed E-state index contributed by atoms with van der Waals surface area (Å²) < 4.78 is 5.12. The number of ketones is 1. The Kier molecular flexibility index (Phi) is 4.77. The van der Waals surface area contributed by atoms with Crippen LogP contribution in [0.2, 0.25) is 0 Å². The molecule has 0 aromatic carbocycles. The minimum absolute atomic E-state index is 0.0989. The molecule has 4 heteroatoms. The number of ether oxygens (including phenoxy) is 1. The van der Waals surface area contributed by atoms with Gasteiger partial charge in [-0.05, 0) is 46.0 Å². The van der Waals surface area contributed by atoms with Gasteiger partial charge in [-0.1, -0.05) is 13.3 Å². The number of hydrogen-bond donors (Lipinski definition) is 1. The molecule has 1 aliphatic carbocycles. The normalized spacial score (nSPS) is 24.3. The van der Waals surface area contributed by atoms with Crippen LogP contribution in [0, 0.1) is 11.8 Å². The van der Waals surface area contributed by atoms with Crippen molar-refractivity contribution in [2.24, 2.45) is 11.8 Å². The first-order valence-corrected chi connectivity index (χ1v) is 6.75. The highest BCUT2D eigenvalue weighted by atomic mass is 16.6. The summed E-state index contributed by atoms with van der Waals surface area (Å²) in [5, 5.41) is 2.59. The Morgan fingerprint density at radius 1 is 1.33 bits per heavy atom. The monoisotopic (exact) mass is 255 g/mol. The molecular formula is C14H25NO3. The molecule has 0 radical (unpaired) electrons. The fourth-order valence-electron chi connectivity index (χ4n) is 2.06. The molecule has 0 spiro atoms.